The van der Waals surface area contributed by atoms with Crippen LogP contribution in [-0.2, 0) is 19.4 Å². The van der Waals surface area contributed by atoms with Crippen molar-refractivity contribution >= 4 is 11.6 Å². The van der Waals surface area contributed by atoms with Crippen molar-refractivity contribution < 1.29 is 5.11 Å². The topological polar surface area (TPSA) is 38.0 Å². The number of hydrogen-bond acceptors (Lipinski definition) is 2. The quantitative estimate of drug-likeness (QED) is 0.863. The third-order valence-corrected chi connectivity index (χ3v) is 2.73. The van der Waals surface area contributed by atoms with Crippen LogP contribution in [-0.4, -0.2) is 20.5 Å². The van der Waals surface area contributed by atoms with Crippen molar-refractivity contribution in [2.45, 2.75) is 52.7 Å². The number of nitrogens with zero attached hydrogens (tertiary/aromatic N) is 2. The Labute approximate surface area is 96.1 Å². The fraction of sp³-hybridized carbons (Fsp3) is 0.727. The van der Waals surface area contributed by atoms with E-state index in [-0.39, 0.29) is 0 Å². The minimum atomic E-state index is -0.748. The molecule has 0 spiro atoms. The predicted molar refractivity (Wildman–Crippen MR) is 62.3 cm³/mol. The standard InChI is InChI=1S/C11H19ClN2O/c1-5-8-10(12)9(7-11(3,4)15)14(6-2)13-8/h15H,5-7H2,1-4H3. The maximum absolute atomic E-state index is 9.80. The first-order valence-electron chi connectivity index (χ1n) is 5.35. The number of rotatable bonds is 4. The summed E-state index contributed by atoms with van der Waals surface area (Å²) in [5, 5.41) is 14.9. The zero-order valence-electron chi connectivity index (χ0n) is 9.84. The maximum Gasteiger partial charge on any atom is 0.0850 e. The third-order valence-electron chi connectivity index (χ3n) is 2.29. The van der Waals surface area contributed by atoms with Crippen LogP contribution < -0.4 is 0 Å². The highest BCUT2D eigenvalue weighted by Crippen LogP contribution is 2.25. The van der Waals surface area contributed by atoms with Gasteiger partial charge in [0.1, 0.15) is 0 Å². The Balaban J connectivity index is 3.09. The summed E-state index contributed by atoms with van der Waals surface area (Å²) in [7, 11) is 0. The Bertz CT molecular complexity index is 339. The van der Waals surface area contributed by atoms with Gasteiger partial charge in [-0.05, 0) is 27.2 Å². The monoisotopic (exact) mass is 230 g/mol. The second kappa shape index (κ2) is 4.54. The Kier molecular flexibility index (Phi) is 3.79. The first-order chi connectivity index (χ1) is 6.89. The van der Waals surface area contributed by atoms with E-state index in [0.29, 0.717) is 11.4 Å². The number of aryl methyl sites for hydroxylation is 2. The minimum Gasteiger partial charge on any atom is -0.390 e. The molecular formula is C11H19ClN2O. The number of hydrogen-bond donors (Lipinski definition) is 1. The van der Waals surface area contributed by atoms with Crippen LogP contribution in [0.5, 0.6) is 0 Å². The van der Waals surface area contributed by atoms with Crippen molar-refractivity contribution in [3.8, 4) is 0 Å². The van der Waals surface area contributed by atoms with Crippen LogP contribution >= 0.6 is 11.6 Å². The highest BCUT2D eigenvalue weighted by atomic mass is 35.5. The van der Waals surface area contributed by atoms with Crippen LogP contribution in [0, 0.1) is 0 Å². The molecule has 86 valence electrons. The smallest absolute Gasteiger partial charge is 0.0850 e. The van der Waals surface area contributed by atoms with E-state index in [2.05, 4.69) is 5.10 Å². The van der Waals surface area contributed by atoms with Crippen molar-refractivity contribution in [2.24, 2.45) is 0 Å². The van der Waals surface area contributed by atoms with E-state index in [4.69, 9.17) is 11.6 Å². The summed E-state index contributed by atoms with van der Waals surface area (Å²) >= 11 is 6.22. The highest BCUT2D eigenvalue weighted by Gasteiger charge is 2.21. The Morgan fingerprint density at radius 1 is 1.40 bits per heavy atom. The molecule has 0 aliphatic heterocycles. The molecule has 1 N–H and O–H groups in total. The SMILES string of the molecule is CCc1nn(CC)c(CC(C)(C)O)c1Cl. The van der Waals surface area contributed by atoms with Crippen molar-refractivity contribution in [1.29, 1.82) is 0 Å². The zero-order valence-corrected chi connectivity index (χ0v) is 10.6. The van der Waals surface area contributed by atoms with Crippen molar-refractivity contribution in [3.63, 3.8) is 0 Å². The lowest BCUT2D eigenvalue weighted by molar-refractivity contribution is 0.0787. The first kappa shape index (κ1) is 12.5. The van der Waals surface area contributed by atoms with Gasteiger partial charge >= 0.3 is 0 Å². The molecule has 0 aliphatic rings. The van der Waals surface area contributed by atoms with Crippen molar-refractivity contribution in [1.82, 2.24) is 9.78 Å². The molecule has 3 nitrogen and oxygen atoms in total. The normalized spacial score (nSPS) is 12.1. The molecule has 0 aromatic carbocycles. The lowest BCUT2D eigenvalue weighted by Crippen LogP contribution is -2.24. The summed E-state index contributed by atoms with van der Waals surface area (Å²) in [5.41, 5.74) is 1.10. The molecule has 0 atom stereocenters. The minimum absolute atomic E-state index is 0.534. The Morgan fingerprint density at radius 2 is 2.00 bits per heavy atom. The lowest BCUT2D eigenvalue weighted by Gasteiger charge is -2.17. The molecule has 0 fully saturated rings. The van der Waals surface area contributed by atoms with Gasteiger partial charge in [0, 0.05) is 13.0 Å². The van der Waals surface area contributed by atoms with E-state index < -0.39 is 5.60 Å². The second-order valence-electron chi connectivity index (χ2n) is 4.37. The van der Waals surface area contributed by atoms with E-state index in [9.17, 15) is 5.11 Å². The predicted octanol–water partition coefficient (Wildman–Crippen LogP) is 2.43. The fourth-order valence-electron chi connectivity index (χ4n) is 1.60. The second-order valence-corrected chi connectivity index (χ2v) is 4.74. The molecule has 0 saturated carbocycles. The summed E-state index contributed by atoms with van der Waals surface area (Å²) in [6.45, 7) is 8.40. The Hall–Kier alpha value is -0.540. The van der Waals surface area contributed by atoms with Gasteiger partial charge in [0.25, 0.3) is 0 Å². The first-order valence-corrected chi connectivity index (χ1v) is 5.73. The number of aliphatic hydroxyl groups is 1. The van der Waals surface area contributed by atoms with Gasteiger partial charge in [-0.3, -0.25) is 4.68 Å². The van der Waals surface area contributed by atoms with Crippen LogP contribution in [0.4, 0.5) is 0 Å². The fourth-order valence-corrected chi connectivity index (χ4v) is 1.93. The van der Waals surface area contributed by atoms with Gasteiger partial charge in [0.05, 0.1) is 22.0 Å². The summed E-state index contributed by atoms with van der Waals surface area (Å²) < 4.78 is 1.87. The van der Waals surface area contributed by atoms with Crippen LogP contribution in [0.25, 0.3) is 0 Å². The zero-order chi connectivity index (χ0) is 11.6. The molecule has 0 aliphatic carbocycles. The third kappa shape index (κ3) is 2.95. The van der Waals surface area contributed by atoms with E-state index in [0.717, 1.165) is 24.4 Å². The largest absolute Gasteiger partial charge is 0.390 e. The van der Waals surface area contributed by atoms with Crippen LogP contribution in [0.1, 0.15) is 39.1 Å². The van der Waals surface area contributed by atoms with Gasteiger partial charge in [-0.15, -0.1) is 0 Å². The number of aromatic nitrogens is 2. The molecular weight excluding hydrogens is 212 g/mol. The van der Waals surface area contributed by atoms with Crippen LogP contribution in [0.15, 0.2) is 0 Å². The van der Waals surface area contributed by atoms with E-state index in [1.807, 2.05) is 18.5 Å². The molecule has 0 amide bonds. The summed E-state index contributed by atoms with van der Waals surface area (Å²) in [6, 6.07) is 0. The molecule has 0 saturated heterocycles. The van der Waals surface area contributed by atoms with Crippen molar-refractivity contribution in [2.75, 3.05) is 0 Å². The van der Waals surface area contributed by atoms with Gasteiger partial charge in [0.15, 0.2) is 0 Å². The Morgan fingerprint density at radius 3 is 2.40 bits per heavy atom. The van der Waals surface area contributed by atoms with Gasteiger partial charge in [-0.1, -0.05) is 18.5 Å². The van der Waals surface area contributed by atoms with Gasteiger partial charge in [-0.2, -0.15) is 5.10 Å². The average molecular weight is 231 g/mol. The summed E-state index contributed by atoms with van der Waals surface area (Å²) in [4.78, 5) is 0. The molecule has 4 heteroatoms. The van der Waals surface area contributed by atoms with Gasteiger partial charge < -0.3 is 5.11 Å². The van der Waals surface area contributed by atoms with E-state index in [1.165, 1.54) is 0 Å². The molecule has 0 bridgehead atoms. The van der Waals surface area contributed by atoms with Crippen LogP contribution in [0.2, 0.25) is 5.02 Å². The molecule has 0 unspecified atom stereocenters. The molecule has 1 rings (SSSR count). The molecule has 1 aromatic heterocycles. The lowest BCUT2D eigenvalue weighted by atomic mass is 10.0. The van der Waals surface area contributed by atoms with Gasteiger partial charge in [-0.25, -0.2) is 0 Å². The highest BCUT2D eigenvalue weighted by molar-refractivity contribution is 6.31. The summed E-state index contributed by atoms with van der Waals surface area (Å²) in [6.07, 6.45) is 1.36. The van der Waals surface area contributed by atoms with E-state index in [1.54, 1.807) is 13.8 Å². The molecule has 0 radical (unpaired) electrons. The van der Waals surface area contributed by atoms with Crippen LogP contribution in [0.3, 0.4) is 0 Å². The molecule has 1 aromatic rings. The molecule has 1 heterocycles. The maximum atomic E-state index is 9.80. The number of halogens is 1. The van der Waals surface area contributed by atoms with Gasteiger partial charge in [0.2, 0.25) is 0 Å². The van der Waals surface area contributed by atoms with E-state index >= 15 is 0 Å². The summed E-state index contributed by atoms with van der Waals surface area (Å²) in [5.74, 6) is 0. The van der Waals surface area contributed by atoms with Crippen molar-refractivity contribution in [3.05, 3.63) is 16.4 Å². The molecule has 15 heavy (non-hydrogen) atoms. The average Bonchev–Trinajstić information content (AvgIpc) is 2.42.